The molecule has 4 N–H and O–H groups in total. The summed E-state index contributed by atoms with van der Waals surface area (Å²) in [4.78, 5) is 10.9. The predicted molar refractivity (Wildman–Crippen MR) is 140 cm³/mol. The number of benzene rings is 2. The lowest BCUT2D eigenvalue weighted by atomic mass is 10.2. The van der Waals surface area contributed by atoms with E-state index in [0.29, 0.717) is 51.1 Å². The lowest BCUT2D eigenvalue weighted by Gasteiger charge is -2.10. The second kappa shape index (κ2) is 12.7. The number of anilines is 2. The fourth-order valence-corrected chi connectivity index (χ4v) is 3.87. The van der Waals surface area contributed by atoms with Gasteiger partial charge in [-0.3, -0.25) is 10.2 Å². The molecule has 2 aromatic carbocycles. The largest absolute Gasteiger partial charge is 0.493 e. The van der Waals surface area contributed by atoms with Crippen molar-refractivity contribution in [1.29, 1.82) is 0 Å². The van der Waals surface area contributed by atoms with Gasteiger partial charge >= 0.3 is 6.09 Å². The van der Waals surface area contributed by atoms with Gasteiger partial charge in [0.15, 0.2) is 11.5 Å². The van der Waals surface area contributed by atoms with Gasteiger partial charge in [0.25, 0.3) is 0 Å². The van der Waals surface area contributed by atoms with E-state index in [1.165, 1.54) is 7.11 Å². The minimum atomic E-state index is -0.475. The lowest BCUT2D eigenvalue weighted by Crippen LogP contribution is -2.27. The molecule has 11 nitrogen and oxygen atoms in total. The number of aromatic amines is 2. The minimum absolute atomic E-state index is 0.387. The average molecular weight is 513 g/mol. The third kappa shape index (κ3) is 6.57. The maximum atomic E-state index is 10.9. The Bertz CT molecular complexity index is 1270. The number of fused-ring (bicyclic) bond motifs is 3. The first kappa shape index (κ1) is 26.0. The Balaban J connectivity index is 1.24. The molecule has 1 amide bonds. The molecule has 0 radical (unpaired) electrons. The molecule has 0 saturated heterocycles. The third-order valence-corrected chi connectivity index (χ3v) is 5.65. The fraction of sp³-hybridized carbons (Fsp3) is 0.346. The summed E-state index contributed by atoms with van der Waals surface area (Å²) in [6, 6.07) is 13.8. The maximum Gasteiger partial charge on any atom is 0.406 e. The van der Waals surface area contributed by atoms with Gasteiger partial charge in [0, 0.05) is 29.2 Å². The van der Waals surface area contributed by atoms with Crippen molar-refractivity contribution in [2.75, 3.05) is 66.2 Å². The molecule has 0 fully saturated rings. The zero-order valence-corrected chi connectivity index (χ0v) is 21.1. The monoisotopic (exact) mass is 512 g/mol. The van der Waals surface area contributed by atoms with E-state index in [9.17, 15) is 4.79 Å². The van der Waals surface area contributed by atoms with E-state index in [1.807, 2.05) is 36.4 Å². The smallest absolute Gasteiger partial charge is 0.406 e. The van der Waals surface area contributed by atoms with Crippen molar-refractivity contribution < 1.29 is 33.2 Å². The topological polar surface area (TPSA) is 128 Å². The Kier molecular flexibility index (Phi) is 8.95. The van der Waals surface area contributed by atoms with E-state index in [0.717, 1.165) is 39.3 Å². The second-order valence-corrected chi connectivity index (χ2v) is 8.00. The molecule has 4 rings (SSSR count). The molecule has 1 aliphatic carbocycles. The molecule has 1 heterocycles. The Morgan fingerprint density at radius 2 is 1.62 bits per heavy atom. The van der Waals surface area contributed by atoms with Crippen LogP contribution in [0.5, 0.6) is 17.2 Å². The van der Waals surface area contributed by atoms with Gasteiger partial charge < -0.3 is 39.1 Å². The highest BCUT2D eigenvalue weighted by atomic mass is 16.5. The van der Waals surface area contributed by atoms with Crippen LogP contribution in [-0.4, -0.2) is 77.2 Å². The Hall–Kier alpha value is -4.09. The quantitative estimate of drug-likeness (QED) is 0.186. The predicted octanol–water partition coefficient (Wildman–Crippen LogP) is 4.13. The van der Waals surface area contributed by atoms with E-state index < -0.39 is 6.09 Å². The first-order valence-electron chi connectivity index (χ1n) is 11.8. The highest BCUT2D eigenvalue weighted by Gasteiger charge is 2.19. The molecule has 0 bridgehead atoms. The van der Waals surface area contributed by atoms with Crippen LogP contribution in [0.1, 0.15) is 0 Å². The molecule has 2 aliphatic rings. The van der Waals surface area contributed by atoms with Gasteiger partial charge in [-0.25, -0.2) is 4.79 Å². The average Bonchev–Trinajstić information content (AvgIpc) is 3.47. The van der Waals surface area contributed by atoms with Gasteiger partial charge in [-0.2, -0.15) is 0 Å². The number of nitrogens with one attached hydrogen (secondary N) is 4. The maximum absolute atomic E-state index is 10.9. The number of alkyl carbamates (subject to hydrolysis) is 1. The molecule has 198 valence electrons. The molecule has 0 atom stereocenters. The molecule has 2 aromatic rings. The van der Waals surface area contributed by atoms with Crippen LogP contribution in [0.4, 0.5) is 16.3 Å². The van der Waals surface area contributed by atoms with Crippen LogP contribution in [0.25, 0.3) is 22.0 Å². The summed E-state index contributed by atoms with van der Waals surface area (Å²) in [5.74, 6) is 2.94. The Morgan fingerprint density at radius 1 is 0.865 bits per heavy atom. The molecular formula is C26H32N4O7. The molecule has 1 aliphatic heterocycles. The molecule has 37 heavy (non-hydrogen) atoms. The molecule has 11 heteroatoms. The molecule has 0 aromatic heterocycles. The number of carbonyl (C=O) groups excluding carboxylic acids is 1. The lowest BCUT2D eigenvalue weighted by molar-refractivity contribution is 0.0372. The summed E-state index contributed by atoms with van der Waals surface area (Å²) in [7, 11) is 4.58. The van der Waals surface area contributed by atoms with E-state index >= 15 is 0 Å². The van der Waals surface area contributed by atoms with Crippen LogP contribution in [-0.2, 0) is 14.2 Å². The first-order chi connectivity index (χ1) is 18.1. The standard InChI is InChI=1S/C26H32N4O7/c1-32-22-14-17-13-21-24(20(17)16-23(22)33-2)29-30-25(21)28-18-5-4-6-19(15-18)37-12-11-36-10-9-35-8-7-27-26(31)34-3/h4-6,13-16,28-30H,7-12H2,1-3H3,(H,27,31). The molecule has 0 spiro atoms. The van der Waals surface area contributed by atoms with Crippen LogP contribution in [0.3, 0.4) is 0 Å². The normalized spacial score (nSPS) is 11.0. The number of hydrogen-bond acceptors (Lipinski definition) is 8. The summed E-state index contributed by atoms with van der Waals surface area (Å²) >= 11 is 0. The van der Waals surface area contributed by atoms with E-state index in [1.54, 1.807) is 14.2 Å². The van der Waals surface area contributed by atoms with Crippen molar-refractivity contribution in [2.24, 2.45) is 0 Å². The number of aromatic nitrogens is 2. The zero-order chi connectivity index (χ0) is 26.0. The SMILES string of the molecule is COC(=O)NCCOCCOCCOc1cccc(Nc2[nH][nH]c3c4cc(OC)c(OC)cc4cc2-3)c1. The summed E-state index contributed by atoms with van der Waals surface area (Å²) in [6.07, 6.45) is -0.475. The van der Waals surface area contributed by atoms with Gasteiger partial charge in [0.05, 0.1) is 53.5 Å². The first-order valence-corrected chi connectivity index (χ1v) is 11.8. The number of ether oxygens (including phenoxy) is 6. The van der Waals surface area contributed by atoms with Crippen molar-refractivity contribution in [1.82, 2.24) is 15.5 Å². The van der Waals surface area contributed by atoms with Crippen molar-refractivity contribution in [3.8, 4) is 28.5 Å². The van der Waals surface area contributed by atoms with Crippen LogP contribution < -0.4 is 24.8 Å². The number of carbonyl (C=O) groups is 1. The summed E-state index contributed by atoms with van der Waals surface area (Å²) in [5.41, 5.74) is 2.88. The summed E-state index contributed by atoms with van der Waals surface area (Å²) < 4.78 is 32.1. The summed E-state index contributed by atoms with van der Waals surface area (Å²) in [6.45, 7) is 2.49. The van der Waals surface area contributed by atoms with Crippen LogP contribution in [0.15, 0.2) is 42.5 Å². The molecular weight excluding hydrogens is 480 g/mol. The van der Waals surface area contributed by atoms with Gasteiger partial charge in [-0.05, 0) is 35.7 Å². The van der Waals surface area contributed by atoms with Gasteiger partial charge in [-0.1, -0.05) is 6.07 Å². The summed E-state index contributed by atoms with van der Waals surface area (Å²) in [5, 5.41) is 14.5. The van der Waals surface area contributed by atoms with E-state index in [4.69, 9.17) is 23.7 Å². The molecule has 0 unspecified atom stereocenters. The Morgan fingerprint density at radius 3 is 2.41 bits per heavy atom. The van der Waals surface area contributed by atoms with Crippen molar-refractivity contribution in [3.63, 3.8) is 0 Å². The minimum Gasteiger partial charge on any atom is -0.493 e. The third-order valence-electron chi connectivity index (χ3n) is 5.65. The van der Waals surface area contributed by atoms with Crippen LogP contribution in [0, 0.1) is 0 Å². The second-order valence-electron chi connectivity index (χ2n) is 8.00. The van der Waals surface area contributed by atoms with Crippen LogP contribution >= 0.6 is 0 Å². The van der Waals surface area contributed by atoms with E-state index in [-0.39, 0.29) is 0 Å². The number of H-pyrrole nitrogens is 2. The van der Waals surface area contributed by atoms with E-state index in [2.05, 4.69) is 31.6 Å². The highest BCUT2D eigenvalue weighted by Crippen LogP contribution is 2.42. The van der Waals surface area contributed by atoms with Crippen molar-refractivity contribution in [3.05, 3.63) is 42.5 Å². The highest BCUT2D eigenvalue weighted by molar-refractivity contribution is 6.05. The number of methoxy groups -OCH3 is 3. The number of amides is 1. The van der Waals surface area contributed by atoms with Gasteiger partial charge in [0.1, 0.15) is 18.2 Å². The van der Waals surface area contributed by atoms with Gasteiger partial charge in [-0.15, -0.1) is 0 Å². The number of hydrogen-bond donors (Lipinski definition) is 4. The van der Waals surface area contributed by atoms with Gasteiger partial charge in [0.2, 0.25) is 0 Å². The zero-order valence-electron chi connectivity index (χ0n) is 21.1. The number of rotatable bonds is 14. The molecule has 0 saturated carbocycles. The van der Waals surface area contributed by atoms with Crippen molar-refractivity contribution >= 4 is 28.4 Å². The van der Waals surface area contributed by atoms with Crippen molar-refractivity contribution in [2.45, 2.75) is 0 Å². The fourth-order valence-electron chi connectivity index (χ4n) is 3.87. The Labute approximate surface area is 214 Å². The van der Waals surface area contributed by atoms with Crippen LogP contribution in [0.2, 0.25) is 0 Å².